The Morgan fingerprint density at radius 3 is 2.36 bits per heavy atom. The van der Waals surface area contributed by atoms with Crippen LogP contribution in [0.2, 0.25) is 5.28 Å². The van der Waals surface area contributed by atoms with Crippen molar-refractivity contribution in [2.45, 2.75) is 45.3 Å². The van der Waals surface area contributed by atoms with Crippen LogP contribution in [0.15, 0.2) is 0 Å². The zero-order valence-corrected chi connectivity index (χ0v) is 17.9. The van der Waals surface area contributed by atoms with Gasteiger partial charge in [0.1, 0.15) is 6.10 Å². The van der Waals surface area contributed by atoms with Crippen molar-refractivity contribution in [3.8, 4) is 6.01 Å². The number of fused-ring (bicyclic) bond motifs is 1. The van der Waals surface area contributed by atoms with Gasteiger partial charge < -0.3 is 14.4 Å². The van der Waals surface area contributed by atoms with E-state index in [1.807, 2.05) is 11.6 Å². The monoisotopic (exact) mass is 408 g/mol. The number of hydrogen-bond acceptors (Lipinski definition) is 7. The minimum absolute atomic E-state index is 0.157. The summed E-state index contributed by atoms with van der Waals surface area (Å²) in [5.41, 5.74) is 1.63. The van der Waals surface area contributed by atoms with Crippen LogP contribution >= 0.6 is 11.6 Å². The van der Waals surface area contributed by atoms with Gasteiger partial charge in [0.25, 0.3) is 6.01 Å². The number of aryl methyl sites for hydroxylation is 1. The molecular formula is C19H29ClN6O2. The molecule has 0 amide bonds. The summed E-state index contributed by atoms with van der Waals surface area (Å²) in [4.78, 5) is 18.3. The van der Waals surface area contributed by atoms with Crippen molar-refractivity contribution in [3.05, 3.63) is 5.28 Å². The maximum Gasteiger partial charge on any atom is 0.298 e. The fourth-order valence-corrected chi connectivity index (χ4v) is 4.06. The molecule has 0 unspecified atom stereocenters. The van der Waals surface area contributed by atoms with Gasteiger partial charge >= 0.3 is 0 Å². The molecule has 2 aliphatic heterocycles. The lowest BCUT2D eigenvalue weighted by Gasteiger charge is -2.40. The smallest absolute Gasteiger partial charge is 0.298 e. The summed E-state index contributed by atoms with van der Waals surface area (Å²) in [6.07, 6.45) is 2.14. The highest BCUT2D eigenvalue weighted by atomic mass is 35.5. The Labute approximate surface area is 170 Å². The lowest BCUT2D eigenvalue weighted by molar-refractivity contribution is 0.0440. The molecule has 8 nitrogen and oxygen atoms in total. The highest BCUT2D eigenvalue weighted by Crippen LogP contribution is 2.30. The van der Waals surface area contributed by atoms with Crippen LogP contribution in [0.3, 0.4) is 0 Å². The molecule has 0 atom stereocenters. The quantitative estimate of drug-likeness (QED) is 0.722. The Morgan fingerprint density at radius 1 is 1.04 bits per heavy atom. The summed E-state index contributed by atoms with van der Waals surface area (Å²) in [6.45, 7) is 11.7. The van der Waals surface area contributed by atoms with Gasteiger partial charge in [0, 0.05) is 38.8 Å². The maximum atomic E-state index is 6.29. The van der Waals surface area contributed by atoms with E-state index in [0.717, 1.165) is 50.4 Å². The predicted molar refractivity (Wildman–Crippen MR) is 109 cm³/mol. The Kier molecular flexibility index (Phi) is 5.37. The van der Waals surface area contributed by atoms with Crippen molar-refractivity contribution >= 4 is 28.6 Å². The second-order valence-electron chi connectivity index (χ2n) is 8.52. The van der Waals surface area contributed by atoms with Crippen molar-refractivity contribution in [2.24, 2.45) is 7.05 Å². The van der Waals surface area contributed by atoms with Crippen LogP contribution in [0.1, 0.15) is 33.6 Å². The Hall–Kier alpha value is -1.64. The number of halogens is 1. The van der Waals surface area contributed by atoms with E-state index in [1.165, 1.54) is 0 Å². The van der Waals surface area contributed by atoms with Crippen molar-refractivity contribution in [2.75, 3.05) is 44.3 Å². The first-order chi connectivity index (χ1) is 13.3. The van der Waals surface area contributed by atoms with Crippen LogP contribution in [0.5, 0.6) is 6.01 Å². The number of likely N-dealkylation sites (tertiary alicyclic amines) is 1. The zero-order chi connectivity index (χ0) is 19.9. The summed E-state index contributed by atoms with van der Waals surface area (Å²) >= 11 is 6.21. The molecule has 2 saturated heterocycles. The van der Waals surface area contributed by atoms with Gasteiger partial charge in [0.05, 0.1) is 13.2 Å². The molecule has 0 saturated carbocycles. The van der Waals surface area contributed by atoms with Gasteiger partial charge in [-0.1, -0.05) is 0 Å². The minimum Gasteiger partial charge on any atom is -0.461 e. The molecule has 0 aromatic carbocycles. The van der Waals surface area contributed by atoms with Crippen molar-refractivity contribution in [1.82, 2.24) is 24.4 Å². The van der Waals surface area contributed by atoms with Gasteiger partial charge in [-0.2, -0.15) is 15.0 Å². The van der Waals surface area contributed by atoms with Gasteiger partial charge in [-0.15, -0.1) is 0 Å². The van der Waals surface area contributed by atoms with E-state index in [1.54, 1.807) is 0 Å². The fourth-order valence-electron chi connectivity index (χ4n) is 3.90. The van der Waals surface area contributed by atoms with E-state index >= 15 is 0 Å². The first-order valence-electron chi connectivity index (χ1n) is 9.97. The van der Waals surface area contributed by atoms with E-state index in [4.69, 9.17) is 26.1 Å². The highest BCUT2D eigenvalue weighted by molar-refractivity contribution is 6.28. The minimum atomic E-state index is 0.157. The third-order valence-corrected chi connectivity index (χ3v) is 5.77. The lowest BCUT2D eigenvalue weighted by atomic mass is 9.99. The topological polar surface area (TPSA) is 68.5 Å². The SMILES string of the molecule is Cn1c(OC2CCN(C(C)(C)C)CC2)nc2c(N3CCOCC3)nc(Cl)nc21. The van der Waals surface area contributed by atoms with Crippen molar-refractivity contribution in [3.63, 3.8) is 0 Å². The molecule has 154 valence electrons. The third-order valence-electron chi connectivity index (χ3n) is 5.61. The highest BCUT2D eigenvalue weighted by Gasteiger charge is 2.29. The van der Waals surface area contributed by atoms with Crippen LogP contribution in [0.25, 0.3) is 11.2 Å². The number of rotatable bonds is 3. The Balaban J connectivity index is 1.56. The second-order valence-corrected chi connectivity index (χ2v) is 8.85. The van der Waals surface area contributed by atoms with Gasteiger partial charge in [-0.3, -0.25) is 9.47 Å². The number of imidazole rings is 1. The average Bonchev–Trinajstić information content (AvgIpc) is 2.97. The molecule has 2 aromatic rings. The molecule has 0 radical (unpaired) electrons. The summed E-state index contributed by atoms with van der Waals surface area (Å²) in [5.74, 6) is 0.756. The summed E-state index contributed by atoms with van der Waals surface area (Å²) in [5, 5.41) is 0.224. The molecular weight excluding hydrogens is 380 g/mol. The van der Waals surface area contributed by atoms with E-state index < -0.39 is 0 Å². The van der Waals surface area contributed by atoms with Gasteiger partial charge in [0.15, 0.2) is 17.0 Å². The predicted octanol–water partition coefficient (Wildman–Crippen LogP) is 2.50. The van der Waals surface area contributed by atoms with E-state index in [9.17, 15) is 0 Å². The molecule has 4 rings (SSSR count). The largest absolute Gasteiger partial charge is 0.461 e. The van der Waals surface area contributed by atoms with Crippen LogP contribution in [-0.4, -0.2) is 75.5 Å². The van der Waals surface area contributed by atoms with E-state index in [-0.39, 0.29) is 16.9 Å². The normalized spacial score (nSPS) is 20.1. The molecule has 2 aromatic heterocycles. The average molecular weight is 409 g/mol. The fraction of sp³-hybridized carbons (Fsp3) is 0.737. The van der Waals surface area contributed by atoms with Gasteiger partial charge in [-0.25, -0.2) is 0 Å². The van der Waals surface area contributed by atoms with Crippen molar-refractivity contribution in [1.29, 1.82) is 0 Å². The molecule has 0 bridgehead atoms. The van der Waals surface area contributed by atoms with E-state index in [0.29, 0.717) is 24.9 Å². The number of anilines is 1. The van der Waals surface area contributed by atoms with Crippen molar-refractivity contribution < 1.29 is 9.47 Å². The Morgan fingerprint density at radius 2 is 1.71 bits per heavy atom. The van der Waals surface area contributed by atoms with Crippen LogP contribution in [-0.2, 0) is 11.8 Å². The van der Waals surface area contributed by atoms with Crippen LogP contribution < -0.4 is 9.64 Å². The van der Waals surface area contributed by atoms with Gasteiger partial charge in [0.2, 0.25) is 5.28 Å². The molecule has 2 aliphatic rings. The molecule has 4 heterocycles. The molecule has 9 heteroatoms. The number of aromatic nitrogens is 4. The molecule has 0 spiro atoms. The third kappa shape index (κ3) is 3.90. The summed E-state index contributed by atoms with van der Waals surface area (Å²) < 4.78 is 13.6. The number of piperidine rings is 1. The van der Waals surface area contributed by atoms with Gasteiger partial charge in [-0.05, 0) is 45.2 Å². The molecule has 28 heavy (non-hydrogen) atoms. The second kappa shape index (κ2) is 7.65. The number of morpholine rings is 1. The molecule has 2 fully saturated rings. The number of ether oxygens (including phenoxy) is 2. The summed E-state index contributed by atoms with van der Waals surface area (Å²) in [6, 6.07) is 0.579. The Bertz CT molecular complexity index is 835. The number of nitrogens with zero attached hydrogens (tertiary/aromatic N) is 6. The maximum absolute atomic E-state index is 6.29. The van der Waals surface area contributed by atoms with Crippen LogP contribution in [0.4, 0.5) is 5.82 Å². The van der Waals surface area contributed by atoms with Crippen LogP contribution in [0, 0.1) is 0 Å². The van der Waals surface area contributed by atoms with E-state index in [2.05, 4.69) is 40.5 Å². The first-order valence-corrected chi connectivity index (χ1v) is 10.3. The standard InChI is InChI=1S/C19H29ClN6O2/c1-19(2,3)26-7-5-13(6-8-26)28-18-21-14-15(24(18)4)22-17(20)23-16(14)25-9-11-27-12-10-25/h13H,5-12H2,1-4H3. The zero-order valence-electron chi connectivity index (χ0n) is 17.1. The molecule has 0 aliphatic carbocycles. The number of hydrogen-bond donors (Lipinski definition) is 0. The molecule has 0 N–H and O–H groups in total. The lowest BCUT2D eigenvalue weighted by Crippen LogP contribution is -2.48. The summed E-state index contributed by atoms with van der Waals surface area (Å²) in [7, 11) is 1.92. The first kappa shape index (κ1) is 19.7.